The van der Waals surface area contributed by atoms with Crippen molar-refractivity contribution >= 4 is 11.6 Å². The van der Waals surface area contributed by atoms with Crippen LogP contribution in [-0.2, 0) is 0 Å². The highest BCUT2D eigenvalue weighted by Crippen LogP contribution is 2.20. The van der Waals surface area contributed by atoms with E-state index < -0.39 is 4.92 Å². The molecular weight excluding hydrogens is 232 g/mol. The summed E-state index contributed by atoms with van der Waals surface area (Å²) in [6.07, 6.45) is 2.14. The van der Waals surface area contributed by atoms with E-state index in [0.717, 1.165) is 25.9 Å². The molecule has 0 aliphatic carbocycles. The molecule has 0 unspecified atom stereocenters. The summed E-state index contributed by atoms with van der Waals surface area (Å²) in [6.45, 7) is 3.60. The fourth-order valence-electron chi connectivity index (χ4n) is 2.31. The van der Waals surface area contributed by atoms with Gasteiger partial charge in [-0.05, 0) is 24.8 Å². The van der Waals surface area contributed by atoms with Crippen LogP contribution in [-0.4, -0.2) is 28.8 Å². The van der Waals surface area contributed by atoms with Crippen molar-refractivity contribution < 1.29 is 9.72 Å². The Morgan fingerprint density at radius 3 is 2.94 bits per heavy atom. The molecule has 2 rings (SSSR count). The van der Waals surface area contributed by atoms with E-state index in [1.807, 2.05) is 0 Å². The number of benzene rings is 1. The standard InChI is InChI=1S/C13H16N2O3/c1-10-4-3-7-14(9-10)13(16)11-5-2-6-12(8-11)15(17)18/h2,5-6,8,10H,3-4,7,9H2,1H3/t10-/m1/s1. The van der Waals surface area contributed by atoms with Crippen molar-refractivity contribution in [3.63, 3.8) is 0 Å². The number of likely N-dealkylation sites (tertiary alicyclic amines) is 1. The predicted molar refractivity (Wildman–Crippen MR) is 67.4 cm³/mol. The van der Waals surface area contributed by atoms with Gasteiger partial charge in [-0.1, -0.05) is 13.0 Å². The van der Waals surface area contributed by atoms with Crippen LogP contribution in [0.15, 0.2) is 24.3 Å². The van der Waals surface area contributed by atoms with Crippen molar-refractivity contribution in [2.24, 2.45) is 5.92 Å². The quantitative estimate of drug-likeness (QED) is 0.596. The number of nitro benzene ring substituents is 1. The summed E-state index contributed by atoms with van der Waals surface area (Å²) in [6, 6.07) is 5.94. The van der Waals surface area contributed by atoms with E-state index in [1.54, 1.807) is 17.0 Å². The molecule has 1 aromatic carbocycles. The average Bonchev–Trinajstić information content (AvgIpc) is 2.38. The lowest BCUT2D eigenvalue weighted by molar-refractivity contribution is -0.384. The van der Waals surface area contributed by atoms with Crippen LogP contribution in [0.1, 0.15) is 30.1 Å². The fourth-order valence-corrected chi connectivity index (χ4v) is 2.31. The summed E-state index contributed by atoms with van der Waals surface area (Å²) >= 11 is 0. The molecule has 1 aromatic rings. The van der Waals surface area contributed by atoms with Gasteiger partial charge in [0, 0.05) is 30.8 Å². The van der Waals surface area contributed by atoms with Gasteiger partial charge in [-0.15, -0.1) is 0 Å². The lowest BCUT2D eigenvalue weighted by Crippen LogP contribution is -2.39. The molecule has 96 valence electrons. The molecule has 5 heteroatoms. The first kappa shape index (κ1) is 12.5. The lowest BCUT2D eigenvalue weighted by atomic mass is 9.99. The maximum absolute atomic E-state index is 12.2. The van der Waals surface area contributed by atoms with Gasteiger partial charge in [0.05, 0.1) is 4.92 Å². The van der Waals surface area contributed by atoms with Crippen LogP contribution in [0.2, 0.25) is 0 Å². The highest BCUT2D eigenvalue weighted by molar-refractivity contribution is 5.94. The van der Waals surface area contributed by atoms with E-state index in [2.05, 4.69) is 6.92 Å². The number of hydrogen-bond acceptors (Lipinski definition) is 3. The van der Waals surface area contributed by atoms with Gasteiger partial charge in [0.15, 0.2) is 0 Å². The Morgan fingerprint density at radius 2 is 2.28 bits per heavy atom. The SMILES string of the molecule is C[C@@H]1CCCN(C(=O)c2cccc([N+](=O)[O-])c2)C1. The number of piperidine rings is 1. The van der Waals surface area contributed by atoms with Gasteiger partial charge in [0.2, 0.25) is 0 Å². The molecule has 0 bridgehead atoms. The van der Waals surface area contributed by atoms with Crippen LogP contribution in [0.25, 0.3) is 0 Å². The second-order valence-corrected chi connectivity index (χ2v) is 4.81. The number of amides is 1. The Hall–Kier alpha value is -1.91. The van der Waals surface area contributed by atoms with Crippen LogP contribution < -0.4 is 0 Å². The fraction of sp³-hybridized carbons (Fsp3) is 0.462. The Bertz CT molecular complexity index is 473. The number of carbonyl (C=O) groups is 1. The van der Waals surface area contributed by atoms with E-state index in [-0.39, 0.29) is 11.6 Å². The molecule has 1 amide bonds. The maximum Gasteiger partial charge on any atom is 0.270 e. The van der Waals surface area contributed by atoms with Gasteiger partial charge in [-0.2, -0.15) is 0 Å². The van der Waals surface area contributed by atoms with Crippen molar-refractivity contribution in [1.29, 1.82) is 0 Å². The van der Waals surface area contributed by atoms with Crippen LogP contribution in [0.3, 0.4) is 0 Å². The summed E-state index contributed by atoms with van der Waals surface area (Å²) in [5.74, 6) is 0.395. The molecule has 1 heterocycles. The molecule has 1 fully saturated rings. The first-order chi connectivity index (χ1) is 8.58. The van der Waals surface area contributed by atoms with Gasteiger partial charge in [-0.25, -0.2) is 0 Å². The van der Waals surface area contributed by atoms with Crippen molar-refractivity contribution in [3.8, 4) is 0 Å². The third kappa shape index (κ3) is 2.67. The Kier molecular flexibility index (Phi) is 3.60. The number of nitrogens with zero attached hydrogens (tertiary/aromatic N) is 2. The van der Waals surface area contributed by atoms with Gasteiger partial charge in [-0.3, -0.25) is 14.9 Å². The van der Waals surface area contributed by atoms with Crippen molar-refractivity contribution in [2.45, 2.75) is 19.8 Å². The molecule has 1 atom stereocenters. The lowest BCUT2D eigenvalue weighted by Gasteiger charge is -2.30. The first-order valence-corrected chi connectivity index (χ1v) is 6.11. The number of nitro groups is 1. The maximum atomic E-state index is 12.2. The zero-order valence-electron chi connectivity index (χ0n) is 10.3. The van der Waals surface area contributed by atoms with E-state index in [0.29, 0.717) is 11.5 Å². The summed E-state index contributed by atoms with van der Waals surface area (Å²) in [7, 11) is 0. The molecule has 0 radical (unpaired) electrons. The molecule has 1 aliphatic heterocycles. The second-order valence-electron chi connectivity index (χ2n) is 4.81. The number of hydrogen-bond donors (Lipinski definition) is 0. The van der Waals surface area contributed by atoms with E-state index in [9.17, 15) is 14.9 Å². The predicted octanol–water partition coefficient (Wildman–Crippen LogP) is 2.47. The minimum absolute atomic E-state index is 0.0362. The van der Waals surface area contributed by atoms with Gasteiger partial charge in [0.25, 0.3) is 11.6 Å². The topological polar surface area (TPSA) is 63.5 Å². The molecular formula is C13H16N2O3. The minimum Gasteiger partial charge on any atom is -0.338 e. The van der Waals surface area contributed by atoms with Crippen LogP contribution in [0.4, 0.5) is 5.69 Å². The number of carbonyl (C=O) groups excluding carboxylic acids is 1. The molecule has 5 nitrogen and oxygen atoms in total. The van der Waals surface area contributed by atoms with Crippen molar-refractivity contribution in [3.05, 3.63) is 39.9 Å². The Labute approximate surface area is 106 Å². The van der Waals surface area contributed by atoms with Crippen molar-refractivity contribution in [1.82, 2.24) is 4.90 Å². The van der Waals surface area contributed by atoms with E-state index >= 15 is 0 Å². The molecule has 0 aromatic heterocycles. The average molecular weight is 248 g/mol. The van der Waals surface area contributed by atoms with Gasteiger partial charge >= 0.3 is 0 Å². The van der Waals surface area contributed by atoms with Gasteiger partial charge < -0.3 is 4.90 Å². The Balaban J connectivity index is 2.17. The molecule has 18 heavy (non-hydrogen) atoms. The van der Waals surface area contributed by atoms with Crippen LogP contribution in [0, 0.1) is 16.0 Å². The smallest absolute Gasteiger partial charge is 0.270 e. The highest BCUT2D eigenvalue weighted by Gasteiger charge is 2.22. The monoisotopic (exact) mass is 248 g/mol. The molecule has 0 N–H and O–H groups in total. The van der Waals surface area contributed by atoms with Gasteiger partial charge in [0.1, 0.15) is 0 Å². The number of rotatable bonds is 2. The zero-order valence-corrected chi connectivity index (χ0v) is 10.3. The third-order valence-corrected chi connectivity index (χ3v) is 3.25. The highest BCUT2D eigenvalue weighted by atomic mass is 16.6. The van der Waals surface area contributed by atoms with Crippen molar-refractivity contribution in [2.75, 3.05) is 13.1 Å². The molecule has 0 saturated carbocycles. The molecule has 0 spiro atoms. The summed E-state index contributed by atoms with van der Waals surface area (Å²) in [5.41, 5.74) is 0.365. The summed E-state index contributed by atoms with van der Waals surface area (Å²) in [5, 5.41) is 10.7. The largest absolute Gasteiger partial charge is 0.338 e. The minimum atomic E-state index is -0.477. The van der Waals surface area contributed by atoms with Crippen LogP contribution >= 0.6 is 0 Å². The summed E-state index contributed by atoms with van der Waals surface area (Å²) in [4.78, 5) is 24.2. The van der Waals surface area contributed by atoms with E-state index in [1.165, 1.54) is 12.1 Å². The van der Waals surface area contributed by atoms with Crippen LogP contribution in [0.5, 0.6) is 0 Å². The number of non-ortho nitro benzene ring substituents is 1. The molecule has 1 aliphatic rings. The zero-order chi connectivity index (χ0) is 13.1. The van der Waals surface area contributed by atoms with E-state index in [4.69, 9.17) is 0 Å². The third-order valence-electron chi connectivity index (χ3n) is 3.25. The summed E-state index contributed by atoms with van der Waals surface area (Å²) < 4.78 is 0. The molecule has 1 saturated heterocycles. The first-order valence-electron chi connectivity index (χ1n) is 6.11. The second kappa shape index (κ2) is 5.16. The normalized spacial score (nSPS) is 19.6. The Morgan fingerprint density at radius 1 is 1.50 bits per heavy atom.